The Morgan fingerprint density at radius 2 is 1.58 bits per heavy atom. The Balaban J connectivity index is 1.71. The molecule has 0 spiro atoms. The maximum absolute atomic E-state index is 12.8. The number of anilines is 1. The van der Waals surface area contributed by atoms with Crippen LogP contribution >= 0.6 is 0 Å². The van der Waals surface area contributed by atoms with Crippen LogP contribution in [0, 0.1) is 11.8 Å². The first-order valence-corrected chi connectivity index (χ1v) is 11.0. The van der Waals surface area contributed by atoms with Crippen LogP contribution in [0.25, 0.3) is 0 Å². The first-order chi connectivity index (χ1) is 14.9. The molecule has 170 valence electrons. The number of esters is 1. The Kier molecular flexibility index (Phi) is 7.76. The van der Waals surface area contributed by atoms with Gasteiger partial charge in [-0.05, 0) is 25.2 Å². The summed E-state index contributed by atoms with van der Waals surface area (Å²) >= 11 is 0. The Morgan fingerprint density at radius 3 is 2.16 bits per heavy atom. The van der Waals surface area contributed by atoms with Gasteiger partial charge in [0.25, 0.3) is 5.91 Å². The Morgan fingerprint density at radius 1 is 1.00 bits per heavy atom. The van der Waals surface area contributed by atoms with Gasteiger partial charge in [0.2, 0.25) is 5.91 Å². The molecule has 0 radical (unpaired) electrons. The normalized spacial score (nSPS) is 20.8. The van der Waals surface area contributed by atoms with Crippen LogP contribution in [0.4, 0.5) is 5.69 Å². The molecule has 2 amide bonds. The highest BCUT2D eigenvalue weighted by Crippen LogP contribution is 2.40. The Hall–Kier alpha value is -2.77. The van der Waals surface area contributed by atoms with Crippen molar-refractivity contribution < 1.29 is 28.6 Å². The largest absolute Gasteiger partial charge is 0.493 e. The van der Waals surface area contributed by atoms with Gasteiger partial charge in [-0.3, -0.25) is 9.59 Å². The van der Waals surface area contributed by atoms with Crippen molar-refractivity contribution in [2.75, 3.05) is 39.2 Å². The molecule has 1 saturated heterocycles. The highest BCUT2D eigenvalue weighted by Gasteiger charge is 2.39. The number of nitrogens with zero attached hydrogens (tertiary/aromatic N) is 1. The number of nitrogens with one attached hydrogen (secondary N) is 1. The smallest absolute Gasteiger partial charge is 0.340 e. The molecule has 1 saturated carbocycles. The molecular formula is C23H32N2O6. The first kappa shape index (κ1) is 22.9. The van der Waals surface area contributed by atoms with Crippen molar-refractivity contribution in [3.8, 4) is 11.5 Å². The van der Waals surface area contributed by atoms with Crippen molar-refractivity contribution in [3.05, 3.63) is 17.7 Å². The number of amides is 2. The number of benzene rings is 1. The molecule has 1 aromatic rings. The molecule has 0 aromatic heterocycles. The SMILES string of the molecule is COc1cc(NC(=O)C2CC2C)c(C(=O)OCC(=O)N2CCCCCCC2)cc1OC. The quantitative estimate of drug-likeness (QED) is 0.665. The number of hydrogen-bond acceptors (Lipinski definition) is 6. The minimum atomic E-state index is -0.694. The van der Waals surface area contributed by atoms with E-state index in [4.69, 9.17) is 14.2 Å². The molecule has 2 atom stereocenters. The molecule has 1 heterocycles. The highest BCUT2D eigenvalue weighted by atomic mass is 16.5. The monoisotopic (exact) mass is 432 g/mol. The molecule has 1 aliphatic carbocycles. The summed E-state index contributed by atoms with van der Waals surface area (Å²) in [5.74, 6) is -0.0621. The molecule has 3 rings (SSSR count). The molecule has 1 aromatic carbocycles. The fourth-order valence-electron chi connectivity index (χ4n) is 3.86. The minimum Gasteiger partial charge on any atom is -0.493 e. The summed E-state index contributed by atoms with van der Waals surface area (Å²) in [5, 5.41) is 2.81. The van der Waals surface area contributed by atoms with E-state index in [-0.39, 0.29) is 35.6 Å². The zero-order valence-electron chi connectivity index (χ0n) is 18.6. The van der Waals surface area contributed by atoms with Crippen LogP contribution in [-0.2, 0) is 14.3 Å². The fourth-order valence-corrected chi connectivity index (χ4v) is 3.86. The van der Waals surface area contributed by atoms with Crippen LogP contribution in [-0.4, -0.2) is 56.6 Å². The van der Waals surface area contributed by atoms with Crippen molar-refractivity contribution in [3.63, 3.8) is 0 Å². The van der Waals surface area contributed by atoms with E-state index in [9.17, 15) is 14.4 Å². The van der Waals surface area contributed by atoms with Gasteiger partial charge >= 0.3 is 5.97 Å². The lowest BCUT2D eigenvalue weighted by atomic mass is 10.1. The summed E-state index contributed by atoms with van der Waals surface area (Å²) in [6.45, 7) is 3.05. The number of rotatable bonds is 7. The number of likely N-dealkylation sites (tertiary alicyclic amines) is 1. The molecule has 2 aliphatic rings. The molecule has 2 fully saturated rings. The van der Waals surface area contributed by atoms with Crippen molar-refractivity contribution in [2.45, 2.75) is 45.4 Å². The maximum atomic E-state index is 12.8. The van der Waals surface area contributed by atoms with Gasteiger partial charge in [-0.25, -0.2) is 4.79 Å². The zero-order valence-corrected chi connectivity index (χ0v) is 18.6. The lowest BCUT2D eigenvalue weighted by Gasteiger charge is -2.24. The van der Waals surface area contributed by atoms with E-state index in [0.29, 0.717) is 30.5 Å². The Bertz CT molecular complexity index is 817. The third-order valence-corrected chi connectivity index (χ3v) is 5.98. The van der Waals surface area contributed by atoms with Gasteiger partial charge in [0.15, 0.2) is 18.1 Å². The lowest BCUT2D eigenvalue weighted by Crippen LogP contribution is -2.37. The number of methoxy groups -OCH3 is 2. The van der Waals surface area contributed by atoms with Crippen molar-refractivity contribution >= 4 is 23.5 Å². The van der Waals surface area contributed by atoms with Crippen molar-refractivity contribution in [2.24, 2.45) is 11.8 Å². The molecule has 8 heteroatoms. The number of ether oxygens (including phenoxy) is 3. The number of hydrogen-bond donors (Lipinski definition) is 1. The zero-order chi connectivity index (χ0) is 22.4. The molecule has 8 nitrogen and oxygen atoms in total. The second kappa shape index (κ2) is 10.5. The van der Waals surface area contributed by atoms with Crippen LogP contribution in [0.5, 0.6) is 11.5 Å². The van der Waals surface area contributed by atoms with Gasteiger partial charge in [-0.1, -0.05) is 26.2 Å². The van der Waals surface area contributed by atoms with Gasteiger partial charge in [0.05, 0.1) is 25.5 Å². The number of carbonyl (C=O) groups is 3. The maximum Gasteiger partial charge on any atom is 0.340 e. The van der Waals surface area contributed by atoms with E-state index in [1.165, 1.54) is 26.7 Å². The molecule has 0 bridgehead atoms. The second-order valence-electron chi connectivity index (χ2n) is 8.29. The molecule has 2 unspecified atom stereocenters. The van der Waals surface area contributed by atoms with Gasteiger partial charge in [-0.15, -0.1) is 0 Å². The van der Waals surface area contributed by atoms with Gasteiger partial charge in [-0.2, -0.15) is 0 Å². The summed E-state index contributed by atoms with van der Waals surface area (Å²) in [6, 6.07) is 3.01. The third-order valence-electron chi connectivity index (χ3n) is 5.98. The Labute approximate surface area is 183 Å². The summed E-state index contributed by atoms with van der Waals surface area (Å²) in [5.41, 5.74) is 0.408. The predicted molar refractivity (Wildman–Crippen MR) is 115 cm³/mol. The second-order valence-corrected chi connectivity index (χ2v) is 8.29. The van der Waals surface area contributed by atoms with Crippen molar-refractivity contribution in [1.29, 1.82) is 0 Å². The van der Waals surface area contributed by atoms with Crippen LogP contribution in [0.15, 0.2) is 12.1 Å². The topological polar surface area (TPSA) is 94.2 Å². The van der Waals surface area contributed by atoms with Crippen LogP contribution in [0.3, 0.4) is 0 Å². The predicted octanol–water partition coefficient (Wildman–Crippen LogP) is 3.25. The van der Waals surface area contributed by atoms with Crippen molar-refractivity contribution in [1.82, 2.24) is 4.90 Å². The summed E-state index contributed by atoms with van der Waals surface area (Å²) in [7, 11) is 2.94. The standard InChI is InChI=1S/C23H32N2O6/c1-15-11-16(15)22(27)24-18-13-20(30-3)19(29-2)12-17(18)23(28)31-14-21(26)25-9-7-5-4-6-8-10-25/h12-13,15-16H,4-11,14H2,1-3H3,(H,24,27). The molecule has 31 heavy (non-hydrogen) atoms. The highest BCUT2D eigenvalue weighted by molar-refractivity contribution is 6.03. The van der Waals surface area contributed by atoms with Crippen LogP contribution in [0.2, 0.25) is 0 Å². The molecular weight excluding hydrogens is 400 g/mol. The average Bonchev–Trinajstić information content (AvgIpc) is 3.48. The summed E-state index contributed by atoms with van der Waals surface area (Å²) in [4.78, 5) is 39.6. The van der Waals surface area contributed by atoms with E-state index in [1.54, 1.807) is 11.0 Å². The molecule has 1 N–H and O–H groups in total. The van der Waals surface area contributed by atoms with Gasteiger partial charge in [0, 0.05) is 31.1 Å². The van der Waals surface area contributed by atoms with Gasteiger partial charge < -0.3 is 24.4 Å². The van der Waals surface area contributed by atoms with Crippen LogP contribution < -0.4 is 14.8 Å². The van der Waals surface area contributed by atoms with E-state index < -0.39 is 5.97 Å². The number of carbonyl (C=O) groups excluding carboxylic acids is 3. The summed E-state index contributed by atoms with van der Waals surface area (Å²) < 4.78 is 15.9. The van der Waals surface area contributed by atoms with E-state index >= 15 is 0 Å². The van der Waals surface area contributed by atoms with Crippen LogP contribution in [0.1, 0.15) is 55.8 Å². The van der Waals surface area contributed by atoms with E-state index in [0.717, 1.165) is 32.1 Å². The first-order valence-electron chi connectivity index (χ1n) is 11.0. The summed E-state index contributed by atoms with van der Waals surface area (Å²) in [6.07, 6.45) is 6.17. The fraction of sp³-hybridized carbons (Fsp3) is 0.609. The lowest BCUT2D eigenvalue weighted by molar-refractivity contribution is -0.134. The van der Waals surface area contributed by atoms with E-state index in [2.05, 4.69) is 5.32 Å². The van der Waals surface area contributed by atoms with Gasteiger partial charge in [0.1, 0.15) is 0 Å². The molecule has 1 aliphatic heterocycles. The average molecular weight is 433 g/mol. The van der Waals surface area contributed by atoms with E-state index in [1.807, 2.05) is 6.92 Å². The third kappa shape index (κ3) is 5.89. The minimum absolute atomic E-state index is 0.0642.